The number of aliphatic imine (C=N–C) groups is 1. The number of amides is 2. The molecule has 2 aliphatic heterocycles. The highest BCUT2D eigenvalue weighted by atomic mass is 16.2. The number of nitrogens with zero attached hydrogens (tertiary/aromatic N) is 5. The molecule has 96 valence electrons. The van der Waals surface area contributed by atoms with Crippen molar-refractivity contribution in [2.24, 2.45) is 12.0 Å². The molecule has 2 aliphatic rings. The van der Waals surface area contributed by atoms with Crippen molar-refractivity contribution < 1.29 is 4.79 Å². The Morgan fingerprint density at radius 1 is 1.44 bits per heavy atom. The summed E-state index contributed by atoms with van der Waals surface area (Å²) in [6.45, 7) is 4.31. The fourth-order valence-corrected chi connectivity index (χ4v) is 2.53. The van der Waals surface area contributed by atoms with Crippen molar-refractivity contribution in [1.82, 2.24) is 14.5 Å². The molecule has 0 N–H and O–H groups in total. The van der Waals surface area contributed by atoms with E-state index in [-0.39, 0.29) is 6.03 Å². The summed E-state index contributed by atoms with van der Waals surface area (Å²) in [6, 6.07) is 0.0153. The second-order valence-corrected chi connectivity index (χ2v) is 4.67. The molecule has 0 unspecified atom stereocenters. The Labute approximate surface area is 106 Å². The summed E-state index contributed by atoms with van der Waals surface area (Å²) < 4.78 is 1.95. The number of hydrogen-bond acceptors (Lipinski definition) is 3. The average Bonchev–Trinajstić information content (AvgIpc) is 2.77. The number of aromatic nitrogens is 2. The number of carbonyl (C=O) groups excluding carboxylic acids is 1. The molecule has 0 saturated heterocycles. The van der Waals surface area contributed by atoms with E-state index in [9.17, 15) is 4.79 Å². The van der Waals surface area contributed by atoms with Crippen LogP contribution in [0.5, 0.6) is 0 Å². The van der Waals surface area contributed by atoms with Crippen LogP contribution in [0.2, 0.25) is 0 Å². The van der Waals surface area contributed by atoms with Gasteiger partial charge in [0.2, 0.25) is 0 Å². The van der Waals surface area contributed by atoms with Gasteiger partial charge >= 0.3 is 6.03 Å². The SMILES string of the molecule is CCCN1C(=O)N2CCCN=C2c2c1ncn2C. The second-order valence-electron chi connectivity index (χ2n) is 4.67. The molecule has 18 heavy (non-hydrogen) atoms. The fourth-order valence-electron chi connectivity index (χ4n) is 2.53. The third-order valence-electron chi connectivity index (χ3n) is 3.35. The lowest BCUT2D eigenvalue weighted by molar-refractivity contribution is 0.223. The Hall–Kier alpha value is -1.85. The first kappa shape index (κ1) is 11.3. The maximum Gasteiger partial charge on any atom is 0.331 e. The minimum atomic E-state index is 0.0153. The van der Waals surface area contributed by atoms with Gasteiger partial charge in [-0.1, -0.05) is 6.92 Å². The van der Waals surface area contributed by atoms with Gasteiger partial charge in [0, 0.05) is 26.7 Å². The molecule has 6 heteroatoms. The molecule has 0 aliphatic carbocycles. The summed E-state index contributed by atoms with van der Waals surface area (Å²) in [5, 5.41) is 0. The van der Waals surface area contributed by atoms with Gasteiger partial charge in [0.1, 0.15) is 5.69 Å². The summed E-state index contributed by atoms with van der Waals surface area (Å²) in [5.74, 6) is 1.54. The molecular formula is C12H17N5O. The predicted octanol–water partition coefficient (Wildman–Crippen LogP) is 1.22. The van der Waals surface area contributed by atoms with Crippen LogP contribution >= 0.6 is 0 Å². The van der Waals surface area contributed by atoms with E-state index in [1.807, 2.05) is 11.6 Å². The highest BCUT2D eigenvalue weighted by molar-refractivity contribution is 6.17. The van der Waals surface area contributed by atoms with Crippen molar-refractivity contribution in [3.8, 4) is 0 Å². The zero-order valence-electron chi connectivity index (χ0n) is 10.8. The lowest BCUT2D eigenvalue weighted by atomic mass is 10.2. The molecule has 0 saturated carbocycles. The van der Waals surface area contributed by atoms with Crippen LogP contribution in [0.4, 0.5) is 10.6 Å². The fraction of sp³-hybridized carbons (Fsp3) is 0.583. The summed E-state index contributed by atoms with van der Waals surface area (Å²) in [7, 11) is 1.95. The molecule has 2 amide bonds. The van der Waals surface area contributed by atoms with E-state index >= 15 is 0 Å². The Morgan fingerprint density at radius 2 is 2.28 bits per heavy atom. The second kappa shape index (κ2) is 4.12. The number of hydrogen-bond donors (Lipinski definition) is 0. The van der Waals surface area contributed by atoms with Crippen LogP contribution in [0.15, 0.2) is 11.3 Å². The van der Waals surface area contributed by atoms with Crippen LogP contribution in [0.3, 0.4) is 0 Å². The van der Waals surface area contributed by atoms with Crippen molar-refractivity contribution in [3.05, 3.63) is 12.0 Å². The number of rotatable bonds is 2. The maximum absolute atomic E-state index is 12.4. The van der Waals surface area contributed by atoms with Crippen molar-refractivity contribution >= 4 is 17.7 Å². The molecule has 0 aromatic carbocycles. The number of amidine groups is 1. The van der Waals surface area contributed by atoms with Gasteiger partial charge in [0.25, 0.3) is 0 Å². The molecule has 0 spiro atoms. The maximum atomic E-state index is 12.4. The number of carbonyl (C=O) groups is 1. The molecule has 1 aromatic heterocycles. The first-order valence-electron chi connectivity index (χ1n) is 6.39. The van der Waals surface area contributed by atoms with Crippen LogP contribution < -0.4 is 4.90 Å². The van der Waals surface area contributed by atoms with Gasteiger partial charge in [-0.25, -0.2) is 9.78 Å². The van der Waals surface area contributed by atoms with E-state index in [1.165, 1.54) is 0 Å². The van der Waals surface area contributed by atoms with Crippen molar-refractivity contribution in [2.45, 2.75) is 19.8 Å². The summed E-state index contributed by atoms with van der Waals surface area (Å²) in [6.07, 6.45) is 3.60. The summed E-state index contributed by atoms with van der Waals surface area (Å²) in [4.78, 5) is 24.9. The Kier molecular flexibility index (Phi) is 2.57. The van der Waals surface area contributed by atoms with E-state index in [4.69, 9.17) is 0 Å². The third-order valence-corrected chi connectivity index (χ3v) is 3.35. The highest BCUT2D eigenvalue weighted by Gasteiger charge is 2.38. The Morgan fingerprint density at radius 3 is 3.06 bits per heavy atom. The minimum absolute atomic E-state index is 0.0153. The van der Waals surface area contributed by atoms with E-state index in [1.54, 1.807) is 16.1 Å². The first-order valence-corrected chi connectivity index (χ1v) is 6.39. The molecule has 1 aromatic rings. The van der Waals surface area contributed by atoms with E-state index in [2.05, 4.69) is 16.9 Å². The summed E-state index contributed by atoms with van der Waals surface area (Å²) in [5.41, 5.74) is 0.961. The van der Waals surface area contributed by atoms with Gasteiger partial charge in [-0.3, -0.25) is 14.8 Å². The molecule has 0 fully saturated rings. The highest BCUT2D eigenvalue weighted by Crippen LogP contribution is 2.29. The predicted molar refractivity (Wildman–Crippen MR) is 69.0 cm³/mol. The smallest absolute Gasteiger partial charge is 0.329 e. The molecule has 0 atom stereocenters. The standard InChI is InChI=1S/C12H17N5O/c1-3-6-16-11-9(15(2)8-14-11)10-13-5-4-7-17(10)12(16)18/h8H,3-7H2,1-2H3. The van der Waals surface area contributed by atoms with Crippen LogP contribution in [0.25, 0.3) is 0 Å². The zero-order chi connectivity index (χ0) is 12.7. The first-order chi connectivity index (χ1) is 8.74. The molecule has 3 heterocycles. The average molecular weight is 247 g/mol. The van der Waals surface area contributed by atoms with Crippen LogP contribution in [0, 0.1) is 0 Å². The number of imidazole rings is 1. The molecule has 3 rings (SSSR count). The Balaban J connectivity index is 2.15. The van der Waals surface area contributed by atoms with Gasteiger partial charge in [0.05, 0.1) is 6.33 Å². The van der Waals surface area contributed by atoms with Crippen molar-refractivity contribution in [1.29, 1.82) is 0 Å². The number of aryl methyl sites for hydroxylation is 1. The summed E-state index contributed by atoms with van der Waals surface area (Å²) >= 11 is 0. The Bertz CT molecular complexity index is 519. The molecule has 0 radical (unpaired) electrons. The van der Waals surface area contributed by atoms with Crippen LogP contribution in [-0.4, -0.2) is 46.0 Å². The largest absolute Gasteiger partial charge is 0.331 e. The third kappa shape index (κ3) is 1.45. The zero-order valence-corrected chi connectivity index (χ0v) is 10.8. The lowest BCUT2D eigenvalue weighted by Crippen LogP contribution is -2.53. The van der Waals surface area contributed by atoms with Crippen LogP contribution in [-0.2, 0) is 7.05 Å². The minimum Gasteiger partial charge on any atom is -0.329 e. The van der Waals surface area contributed by atoms with Crippen molar-refractivity contribution in [2.75, 3.05) is 24.5 Å². The van der Waals surface area contributed by atoms with E-state index < -0.39 is 0 Å². The topological polar surface area (TPSA) is 53.7 Å². The van der Waals surface area contributed by atoms with Gasteiger partial charge in [-0.2, -0.15) is 0 Å². The van der Waals surface area contributed by atoms with Crippen molar-refractivity contribution in [3.63, 3.8) is 0 Å². The van der Waals surface area contributed by atoms with Gasteiger partial charge in [-0.05, 0) is 12.8 Å². The normalized spacial score (nSPS) is 18.6. The number of urea groups is 1. The number of anilines is 1. The molecule has 0 bridgehead atoms. The lowest BCUT2D eigenvalue weighted by Gasteiger charge is -2.37. The van der Waals surface area contributed by atoms with Gasteiger partial charge in [-0.15, -0.1) is 0 Å². The van der Waals surface area contributed by atoms with E-state index in [0.717, 1.165) is 43.3 Å². The molecule has 6 nitrogen and oxygen atoms in total. The number of fused-ring (bicyclic) bond motifs is 3. The van der Waals surface area contributed by atoms with Gasteiger partial charge < -0.3 is 4.57 Å². The quantitative estimate of drug-likeness (QED) is 0.789. The monoisotopic (exact) mass is 247 g/mol. The molecular weight excluding hydrogens is 230 g/mol. The van der Waals surface area contributed by atoms with Crippen LogP contribution in [0.1, 0.15) is 25.5 Å². The van der Waals surface area contributed by atoms with Gasteiger partial charge in [0.15, 0.2) is 11.7 Å². The van der Waals surface area contributed by atoms with E-state index in [0.29, 0.717) is 6.54 Å².